The molecule has 0 amide bonds. The molecule has 4 nitrogen and oxygen atoms in total. The summed E-state index contributed by atoms with van der Waals surface area (Å²) < 4.78 is 1.92. The van der Waals surface area contributed by atoms with Crippen LogP contribution in [-0.4, -0.2) is 9.38 Å². The van der Waals surface area contributed by atoms with Gasteiger partial charge >= 0.3 is 0 Å². The lowest BCUT2D eigenvalue weighted by atomic mass is 10.0. The van der Waals surface area contributed by atoms with Gasteiger partial charge in [0.1, 0.15) is 23.1 Å². The summed E-state index contributed by atoms with van der Waals surface area (Å²) in [4.78, 5) is 5.00. The summed E-state index contributed by atoms with van der Waals surface area (Å²) in [6.07, 6.45) is 0. The zero-order valence-electron chi connectivity index (χ0n) is 15.0. The first kappa shape index (κ1) is 16.1. The highest BCUT2D eigenvalue weighted by Crippen LogP contribution is 2.38. The van der Waals surface area contributed by atoms with E-state index in [1.807, 2.05) is 89.3 Å². The molecule has 0 bridgehead atoms. The van der Waals surface area contributed by atoms with Crippen LogP contribution in [0.2, 0.25) is 0 Å². The number of pyridine rings is 1. The highest BCUT2D eigenvalue weighted by atomic mass is 15.1. The van der Waals surface area contributed by atoms with Crippen LogP contribution < -0.4 is 5.73 Å². The molecular weight excluding hydrogens is 344 g/mol. The average molecular weight is 360 g/mol. The van der Waals surface area contributed by atoms with Crippen LogP contribution in [0.1, 0.15) is 5.56 Å². The Morgan fingerprint density at radius 2 is 1.32 bits per heavy atom. The van der Waals surface area contributed by atoms with Crippen molar-refractivity contribution in [3.05, 3.63) is 90.5 Å². The summed E-state index contributed by atoms with van der Waals surface area (Å²) in [5, 5.41) is 11.5. The van der Waals surface area contributed by atoms with Crippen molar-refractivity contribution in [3.63, 3.8) is 0 Å². The fourth-order valence-corrected chi connectivity index (χ4v) is 3.76. The number of imidazole rings is 1. The quantitative estimate of drug-likeness (QED) is 0.466. The van der Waals surface area contributed by atoms with Crippen LogP contribution >= 0.6 is 0 Å². The van der Waals surface area contributed by atoms with E-state index in [0.29, 0.717) is 11.4 Å². The molecule has 132 valence electrons. The van der Waals surface area contributed by atoms with Crippen molar-refractivity contribution in [2.75, 3.05) is 5.73 Å². The summed E-state index contributed by atoms with van der Waals surface area (Å²) in [6, 6.07) is 30.2. The Bertz CT molecular complexity index is 1360. The molecule has 3 aromatic carbocycles. The van der Waals surface area contributed by atoms with E-state index in [4.69, 9.17) is 10.7 Å². The van der Waals surface area contributed by atoms with Crippen LogP contribution in [0, 0.1) is 11.3 Å². The van der Waals surface area contributed by atoms with E-state index < -0.39 is 0 Å². The molecule has 0 aliphatic heterocycles. The molecule has 0 aliphatic carbocycles. The van der Waals surface area contributed by atoms with Gasteiger partial charge in [-0.1, -0.05) is 84.9 Å². The van der Waals surface area contributed by atoms with E-state index >= 15 is 0 Å². The number of nitriles is 1. The molecule has 0 saturated carbocycles. The van der Waals surface area contributed by atoms with Crippen molar-refractivity contribution in [2.24, 2.45) is 0 Å². The van der Waals surface area contributed by atoms with Crippen molar-refractivity contribution >= 4 is 22.2 Å². The third kappa shape index (κ3) is 2.27. The van der Waals surface area contributed by atoms with E-state index in [1.165, 1.54) is 0 Å². The highest BCUT2D eigenvalue weighted by molar-refractivity contribution is 6.03. The molecule has 0 saturated heterocycles. The standard InChI is InChI=1S/C24H16N4/c25-15-20-18-13-7-8-14-19(18)24-27-21(16-9-3-1-4-10-16)22(28(24)23(20)26)17-11-5-2-6-12-17/h1-14H,26H2. The Labute approximate surface area is 162 Å². The van der Waals surface area contributed by atoms with E-state index in [-0.39, 0.29) is 0 Å². The van der Waals surface area contributed by atoms with E-state index in [0.717, 1.165) is 38.9 Å². The maximum absolute atomic E-state index is 9.80. The SMILES string of the molecule is N#Cc1c(N)n2c(-c3ccccc3)c(-c3ccccc3)nc2c2ccccc12. The second-order valence-electron chi connectivity index (χ2n) is 6.62. The number of hydrogen-bond acceptors (Lipinski definition) is 3. The molecule has 4 heteroatoms. The first-order valence-electron chi connectivity index (χ1n) is 9.03. The van der Waals surface area contributed by atoms with Crippen molar-refractivity contribution in [1.82, 2.24) is 9.38 Å². The topological polar surface area (TPSA) is 67.1 Å². The molecule has 2 aromatic heterocycles. The summed E-state index contributed by atoms with van der Waals surface area (Å²) in [7, 11) is 0. The smallest absolute Gasteiger partial charge is 0.147 e. The average Bonchev–Trinajstić information content (AvgIpc) is 3.17. The lowest BCUT2D eigenvalue weighted by Gasteiger charge is -2.11. The number of nitrogen functional groups attached to an aromatic ring is 1. The minimum Gasteiger partial charge on any atom is -0.384 e. The maximum Gasteiger partial charge on any atom is 0.147 e. The van der Waals surface area contributed by atoms with Gasteiger partial charge in [0.25, 0.3) is 0 Å². The first-order chi connectivity index (χ1) is 13.8. The van der Waals surface area contributed by atoms with Crippen LogP contribution in [0.25, 0.3) is 38.9 Å². The second kappa shape index (κ2) is 6.26. The number of aromatic nitrogens is 2. The van der Waals surface area contributed by atoms with Crippen molar-refractivity contribution < 1.29 is 0 Å². The molecule has 2 heterocycles. The minimum atomic E-state index is 0.407. The fraction of sp³-hybridized carbons (Fsp3) is 0. The second-order valence-corrected chi connectivity index (χ2v) is 6.62. The Balaban J connectivity index is 2.03. The number of rotatable bonds is 2. The number of nitrogens with two attached hydrogens (primary N) is 1. The molecule has 0 unspecified atom stereocenters. The van der Waals surface area contributed by atoms with Gasteiger partial charge in [-0.25, -0.2) is 4.98 Å². The Hall–Kier alpha value is -4.10. The van der Waals surface area contributed by atoms with Crippen LogP contribution in [0.15, 0.2) is 84.9 Å². The normalized spacial score (nSPS) is 11.0. The Kier molecular flexibility index (Phi) is 3.60. The van der Waals surface area contributed by atoms with E-state index in [1.54, 1.807) is 0 Å². The van der Waals surface area contributed by atoms with Gasteiger partial charge < -0.3 is 5.73 Å². The van der Waals surface area contributed by atoms with Crippen LogP contribution in [0.5, 0.6) is 0 Å². The molecule has 28 heavy (non-hydrogen) atoms. The third-order valence-corrected chi connectivity index (χ3v) is 5.02. The lowest BCUT2D eigenvalue weighted by molar-refractivity contribution is 1.21. The summed E-state index contributed by atoms with van der Waals surface area (Å²) in [5.41, 5.74) is 11.5. The van der Waals surface area contributed by atoms with Gasteiger partial charge in [0, 0.05) is 21.9 Å². The summed E-state index contributed by atoms with van der Waals surface area (Å²) in [6.45, 7) is 0. The van der Waals surface area contributed by atoms with Gasteiger partial charge in [0.2, 0.25) is 0 Å². The number of anilines is 1. The molecular formula is C24H16N4. The van der Waals surface area contributed by atoms with Crippen molar-refractivity contribution in [2.45, 2.75) is 0 Å². The van der Waals surface area contributed by atoms with Gasteiger partial charge in [0.15, 0.2) is 0 Å². The maximum atomic E-state index is 9.80. The third-order valence-electron chi connectivity index (χ3n) is 5.02. The molecule has 0 fully saturated rings. The summed E-state index contributed by atoms with van der Waals surface area (Å²) in [5.74, 6) is 0.407. The first-order valence-corrected chi connectivity index (χ1v) is 9.03. The fourth-order valence-electron chi connectivity index (χ4n) is 3.76. The molecule has 0 radical (unpaired) electrons. The summed E-state index contributed by atoms with van der Waals surface area (Å²) >= 11 is 0. The van der Waals surface area contributed by atoms with Crippen LogP contribution in [0.4, 0.5) is 5.82 Å². The van der Waals surface area contributed by atoms with Gasteiger partial charge in [-0.15, -0.1) is 0 Å². The molecule has 5 rings (SSSR count). The Morgan fingerprint density at radius 3 is 1.96 bits per heavy atom. The zero-order chi connectivity index (χ0) is 19.1. The highest BCUT2D eigenvalue weighted by Gasteiger charge is 2.21. The molecule has 2 N–H and O–H groups in total. The molecule has 0 spiro atoms. The zero-order valence-corrected chi connectivity index (χ0v) is 15.0. The number of benzene rings is 3. The number of fused-ring (bicyclic) bond motifs is 3. The monoisotopic (exact) mass is 360 g/mol. The van der Waals surface area contributed by atoms with E-state index in [2.05, 4.69) is 6.07 Å². The number of nitrogens with zero attached hydrogens (tertiary/aromatic N) is 3. The number of hydrogen-bond donors (Lipinski definition) is 1. The lowest BCUT2D eigenvalue weighted by Crippen LogP contribution is -2.03. The molecule has 5 aromatic rings. The molecule has 0 atom stereocenters. The van der Waals surface area contributed by atoms with Crippen LogP contribution in [-0.2, 0) is 0 Å². The van der Waals surface area contributed by atoms with Gasteiger partial charge in [-0.05, 0) is 0 Å². The van der Waals surface area contributed by atoms with Gasteiger partial charge in [-0.2, -0.15) is 5.26 Å². The van der Waals surface area contributed by atoms with Gasteiger partial charge in [0.05, 0.1) is 11.4 Å². The van der Waals surface area contributed by atoms with Crippen LogP contribution in [0.3, 0.4) is 0 Å². The molecule has 0 aliphatic rings. The van der Waals surface area contributed by atoms with Crippen molar-refractivity contribution in [3.8, 4) is 28.6 Å². The predicted molar refractivity (Wildman–Crippen MR) is 113 cm³/mol. The predicted octanol–water partition coefficient (Wildman–Crippen LogP) is 5.28. The van der Waals surface area contributed by atoms with Crippen molar-refractivity contribution in [1.29, 1.82) is 5.26 Å². The Morgan fingerprint density at radius 1 is 0.750 bits per heavy atom. The van der Waals surface area contributed by atoms with E-state index in [9.17, 15) is 5.26 Å². The largest absolute Gasteiger partial charge is 0.384 e. The van der Waals surface area contributed by atoms with Gasteiger partial charge in [-0.3, -0.25) is 4.40 Å². The minimum absolute atomic E-state index is 0.407.